The van der Waals surface area contributed by atoms with Crippen molar-refractivity contribution in [2.75, 3.05) is 6.54 Å². The van der Waals surface area contributed by atoms with E-state index in [1.807, 2.05) is 32.0 Å². The van der Waals surface area contributed by atoms with Crippen LogP contribution in [0.15, 0.2) is 18.2 Å². The number of piperidine rings is 1. The maximum Gasteiger partial charge on any atom is 0.252 e. The van der Waals surface area contributed by atoms with Crippen molar-refractivity contribution in [2.45, 2.75) is 45.7 Å². The van der Waals surface area contributed by atoms with Crippen LogP contribution in [0.3, 0.4) is 0 Å². The highest BCUT2D eigenvalue weighted by molar-refractivity contribution is 5.97. The van der Waals surface area contributed by atoms with Gasteiger partial charge in [-0.25, -0.2) is 0 Å². The fraction of sp³-hybridized carbons (Fsp3) is 0.533. The smallest absolute Gasteiger partial charge is 0.252 e. The van der Waals surface area contributed by atoms with Crippen LogP contribution in [-0.4, -0.2) is 24.5 Å². The van der Waals surface area contributed by atoms with E-state index in [0.717, 1.165) is 36.1 Å². The lowest BCUT2D eigenvalue weighted by Gasteiger charge is -2.29. The predicted molar refractivity (Wildman–Crippen MR) is 73.9 cm³/mol. The predicted octanol–water partition coefficient (Wildman–Crippen LogP) is 2.17. The molecule has 0 aliphatic carbocycles. The number of aryl methyl sites for hydroxylation is 2. The van der Waals surface area contributed by atoms with Crippen molar-refractivity contribution in [1.82, 2.24) is 10.6 Å². The first-order valence-electron chi connectivity index (χ1n) is 6.68. The molecular formula is C15H22N2O. The quantitative estimate of drug-likeness (QED) is 0.839. The molecule has 2 N–H and O–H groups in total. The number of hydrogen-bond acceptors (Lipinski definition) is 2. The van der Waals surface area contributed by atoms with Gasteiger partial charge in [0.1, 0.15) is 0 Å². The van der Waals surface area contributed by atoms with Crippen molar-refractivity contribution in [3.63, 3.8) is 0 Å². The van der Waals surface area contributed by atoms with Crippen LogP contribution in [0.4, 0.5) is 0 Å². The van der Waals surface area contributed by atoms with E-state index < -0.39 is 0 Å². The fourth-order valence-corrected chi connectivity index (χ4v) is 2.69. The Morgan fingerprint density at radius 2 is 2.00 bits per heavy atom. The number of benzene rings is 1. The van der Waals surface area contributed by atoms with Crippen LogP contribution in [0.1, 0.15) is 41.3 Å². The van der Waals surface area contributed by atoms with Crippen LogP contribution in [0.5, 0.6) is 0 Å². The number of hydrogen-bond donors (Lipinski definition) is 2. The summed E-state index contributed by atoms with van der Waals surface area (Å²) >= 11 is 0. The van der Waals surface area contributed by atoms with E-state index in [2.05, 4.69) is 17.6 Å². The van der Waals surface area contributed by atoms with Crippen LogP contribution < -0.4 is 10.6 Å². The van der Waals surface area contributed by atoms with Gasteiger partial charge in [0.15, 0.2) is 0 Å². The van der Waals surface area contributed by atoms with Crippen molar-refractivity contribution in [3.8, 4) is 0 Å². The Balaban J connectivity index is 2.07. The highest BCUT2D eigenvalue weighted by atomic mass is 16.1. The van der Waals surface area contributed by atoms with Gasteiger partial charge in [0.05, 0.1) is 0 Å². The van der Waals surface area contributed by atoms with Gasteiger partial charge in [-0.05, 0) is 51.3 Å². The third-order valence-electron chi connectivity index (χ3n) is 3.67. The molecule has 1 aromatic carbocycles. The van der Waals surface area contributed by atoms with E-state index in [4.69, 9.17) is 0 Å². The molecular weight excluding hydrogens is 224 g/mol. The Morgan fingerprint density at radius 3 is 2.61 bits per heavy atom. The molecule has 1 heterocycles. The lowest BCUT2D eigenvalue weighted by atomic mass is 9.98. The maximum atomic E-state index is 12.3. The second-order valence-corrected chi connectivity index (χ2v) is 5.32. The summed E-state index contributed by atoms with van der Waals surface area (Å²) in [5, 5.41) is 6.56. The van der Waals surface area contributed by atoms with Gasteiger partial charge in [-0.2, -0.15) is 0 Å². The molecule has 18 heavy (non-hydrogen) atoms. The largest absolute Gasteiger partial charge is 0.349 e. The molecule has 0 bridgehead atoms. The topological polar surface area (TPSA) is 41.1 Å². The Kier molecular flexibility index (Phi) is 4.02. The molecule has 2 atom stereocenters. The molecule has 1 saturated heterocycles. The van der Waals surface area contributed by atoms with Crippen molar-refractivity contribution in [3.05, 3.63) is 34.9 Å². The summed E-state index contributed by atoms with van der Waals surface area (Å²) in [7, 11) is 0. The Morgan fingerprint density at radius 1 is 1.33 bits per heavy atom. The van der Waals surface area contributed by atoms with E-state index in [1.165, 1.54) is 0 Å². The summed E-state index contributed by atoms with van der Waals surface area (Å²) in [6.45, 7) is 7.14. The van der Waals surface area contributed by atoms with Gasteiger partial charge < -0.3 is 10.6 Å². The van der Waals surface area contributed by atoms with Gasteiger partial charge in [0.25, 0.3) is 5.91 Å². The van der Waals surface area contributed by atoms with Crippen molar-refractivity contribution >= 4 is 5.91 Å². The van der Waals surface area contributed by atoms with Crippen molar-refractivity contribution in [2.24, 2.45) is 0 Å². The molecule has 2 unspecified atom stereocenters. The minimum absolute atomic E-state index is 0.0738. The second-order valence-electron chi connectivity index (χ2n) is 5.32. The van der Waals surface area contributed by atoms with Gasteiger partial charge in [0.2, 0.25) is 0 Å². The first-order chi connectivity index (χ1) is 8.58. The zero-order valence-corrected chi connectivity index (χ0v) is 11.4. The molecule has 3 nitrogen and oxygen atoms in total. The summed E-state index contributed by atoms with van der Waals surface area (Å²) < 4.78 is 0. The normalized spacial score (nSPS) is 23.7. The van der Waals surface area contributed by atoms with Crippen LogP contribution in [0.2, 0.25) is 0 Å². The summed E-state index contributed by atoms with van der Waals surface area (Å²) in [4.78, 5) is 12.3. The number of rotatable bonds is 2. The zero-order valence-electron chi connectivity index (χ0n) is 11.4. The van der Waals surface area contributed by atoms with Gasteiger partial charge in [-0.3, -0.25) is 4.79 Å². The number of nitrogens with one attached hydrogen (secondary N) is 2. The summed E-state index contributed by atoms with van der Waals surface area (Å²) in [5.74, 6) is 0.0738. The molecule has 1 aliphatic rings. The van der Waals surface area contributed by atoms with Gasteiger partial charge in [-0.1, -0.05) is 18.2 Å². The minimum atomic E-state index is 0.0738. The molecule has 98 valence electrons. The summed E-state index contributed by atoms with van der Waals surface area (Å²) in [5.41, 5.74) is 2.94. The Bertz CT molecular complexity index is 422. The zero-order chi connectivity index (χ0) is 13.1. The second kappa shape index (κ2) is 5.53. The maximum absolute atomic E-state index is 12.3. The molecule has 0 aromatic heterocycles. The molecule has 1 aromatic rings. The molecule has 0 spiro atoms. The monoisotopic (exact) mass is 246 g/mol. The minimum Gasteiger partial charge on any atom is -0.349 e. The third kappa shape index (κ3) is 2.91. The SMILES string of the molecule is Cc1cccc(C)c1C(=O)NC1CCNC(C)C1. The van der Waals surface area contributed by atoms with Crippen LogP contribution >= 0.6 is 0 Å². The molecule has 0 saturated carbocycles. The molecule has 3 heteroatoms. The van der Waals surface area contributed by atoms with Crippen molar-refractivity contribution in [1.29, 1.82) is 0 Å². The van der Waals surface area contributed by atoms with Gasteiger partial charge in [0, 0.05) is 17.6 Å². The molecule has 1 fully saturated rings. The van der Waals surface area contributed by atoms with Gasteiger partial charge >= 0.3 is 0 Å². The molecule has 1 aliphatic heterocycles. The third-order valence-corrected chi connectivity index (χ3v) is 3.67. The van der Waals surface area contributed by atoms with Gasteiger partial charge in [-0.15, -0.1) is 0 Å². The number of amides is 1. The molecule has 2 rings (SSSR count). The first-order valence-corrected chi connectivity index (χ1v) is 6.68. The van der Waals surface area contributed by atoms with E-state index in [1.54, 1.807) is 0 Å². The van der Waals surface area contributed by atoms with E-state index >= 15 is 0 Å². The van der Waals surface area contributed by atoms with Crippen LogP contribution in [-0.2, 0) is 0 Å². The van der Waals surface area contributed by atoms with E-state index in [-0.39, 0.29) is 5.91 Å². The number of carbonyl (C=O) groups is 1. The molecule has 0 radical (unpaired) electrons. The van der Waals surface area contributed by atoms with Crippen LogP contribution in [0.25, 0.3) is 0 Å². The Labute approximate surface area is 109 Å². The summed E-state index contributed by atoms with van der Waals surface area (Å²) in [6, 6.07) is 6.77. The first kappa shape index (κ1) is 13.1. The molecule has 1 amide bonds. The highest BCUT2D eigenvalue weighted by Crippen LogP contribution is 2.15. The lowest BCUT2D eigenvalue weighted by molar-refractivity contribution is 0.0924. The van der Waals surface area contributed by atoms with E-state index in [9.17, 15) is 4.79 Å². The summed E-state index contributed by atoms with van der Waals surface area (Å²) in [6.07, 6.45) is 2.03. The fourth-order valence-electron chi connectivity index (χ4n) is 2.69. The average molecular weight is 246 g/mol. The Hall–Kier alpha value is -1.35. The van der Waals surface area contributed by atoms with Crippen LogP contribution in [0, 0.1) is 13.8 Å². The van der Waals surface area contributed by atoms with E-state index in [0.29, 0.717) is 12.1 Å². The standard InChI is InChI=1S/C15H22N2O/c1-10-5-4-6-11(2)14(10)15(18)17-13-7-8-16-12(3)9-13/h4-6,12-13,16H,7-9H2,1-3H3,(H,17,18). The van der Waals surface area contributed by atoms with Crippen molar-refractivity contribution < 1.29 is 4.79 Å². The number of carbonyl (C=O) groups excluding carboxylic acids is 1. The highest BCUT2D eigenvalue weighted by Gasteiger charge is 2.21. The average Bonchev–Trinajstić information content (AvgIpc) is 2.28. The lowest BCUT2D eigenvalue weighted by Crippen LogP contribution is -2.46.